The third-order valence-electron chi connectivity index (χ3n) is 3.46. The molecule has 0 saturated heterocycles. The zero-order valence-corrected chi connectivity index (χ0v) is 11.6. The van der Waals surface area contributed by atoms with Crippen molar-refractivity contribution in [2.75, 3.05) is 4.72 Å². The third-order valence-corrected chi connectivity index (χ3v) is 4.84. The largest absolute Gasteiger partial charge is 0.280 e. The minimum atomic E-state index is -3.74. The highest BCUT2D eigenvalue weighted by molar-refractivity contribution is 7.92. The van der Waals surface area contributed by atoms with Gasteiger partial charge in [-0.25, -0.2) is 12.8 Å². The fourth-order valence-corrected chi connectivity index (χ4v) is 3.56. The van der Waals surface area contributed by atoms with E-state index in [2.05, 4.69) is 4.72 Å². The first kappa shape index (κ1) is 13.1. The number of rotatable bonds is 3. The quantitative estimate of drug-likeness (QED) is 0.944. The SMILES string of the molecule is O=S(=O)(Nc1ccc2c(c1)CCC2)c1cccc(F)c1. The summed E-state index contributed by atoms with van der Waals surface area (Å²) in [7, 11) is -3.74. The number of hydrogen-bond acceptors (Lipinski definition) is 2. The highest BCUT2D eigenvalue weighted by Gasteiger charge is 2.17. The molecule has 0 saturated carbocycles. The van der Waals surface area contributed by atoms with E-state index in [1.165, 1.54) is 29.3 Å². The maximum atomic E-state index is 13.1. The average molecular weight is 291 g/mol. The van der Waals surface area contributed by atoms with Gasteiger partial charge in [-0.05, 0) is 60.7 Å². The molecule has 0 aliphatic heterocycles. The van der Waals surface area contributed by atoms with Gasteiger partial charge in [-0.15, -0.1) is 0 Å². The molecule has 0 heterocycles. The molecule has 2 aromatic carbocycles. The zero-order chi connectivity index (χ0) is 14.2. The molecule has 3 nitrogen and oxygen atoms in total. The van der Waals surface area contributed by atoms with E-state index in [1.54, 1.807) is 6.07 Å². The molecule has 0 amide bonds. The van der Waals surface area contributed by atoms with E-state index in [1.807, 2.05) is 12.1 Å². The second kappa shape index (κ2) is 4.90. The monoisotopic (exact) mass is 291 g/mol. The van der Waals surface area contributed by atoms with Gasteiger partial charge in [0.25, 0.3) is 10.0 Å². The van der Waals surface area contributed by atoms with Crippen LogP contribution in [0, 0.1) is 5.82 Å². The molecule has 104 valence electrons. The molecule has 0 spiro atoms. The van der Waals surface area contributed by atoms with Gasteiger partial charge in [-0.3, -0.25) is 4.72 Å². The summed E-state index contributed by atoms with van der Waals surface area (Å²) in [6.07, 6.45) is 3.13. The fourth-order valence-electron chi connectivity index (χ4n) is 2.48. The van der Waals surface area contributed by atoms with E-state index in [-0.39, 0.29) is 4.90 Å². The minimum absolute atomic E-state index is 0.0713. The Kier molecular flexibility index (Phi) is 3.22. The summed E-state index contributed by atoms with van der Waals surface area (Å²) in [6, 6.07) is 10.5. The van der Waals surface area contributed by atoms with Crippen LogP contribution in [0.25, 0.3) is 0 Å². The standard InChI is InChI=1S/C15H14FNO2S/c16-13-5-2-6-15(10-13)20(18,19)17-14-8-7-11-3-1-4-12(11)9-14/h2,5-10,17H,1,3-4H2. The summed E-state index contributed by atoms with van der Waals surface area (Å²) in [5.74, 6) is -0.568. The number of aryl methyl sites for hydroxylation is 2. The topological polar surface area (TPSA) is 46.2 Å². The van der Waals surface area contributed by atoms with Crippen molar-refractivity contribution in [3.63, 3.8) is 0 Å². The molecule has 0 bridgehead atoms. The number of sulfonamides is 1. The molecule has 0 fully saturated rings. The Balaban J connectivity index is 1.90. The molecule has 1 aliphatic carbocycles. The van der Waals surface area contributed by atoms with Gasteiger partial charge in [-0.1, -0.05) is 12.1 Å². The first-order valence-corrected chi connectivity index (χ1v) is 7.93. The van der Waals surface area contributed by atoms with Crippen molar-refractivity contribution < 1.29 is 12.8 Å². The number of anilines is 1. The molecule has 0 unspecified atom stereocenters. The lowest BCUT2D eigenvalue weighted by Gasteiger charge is -2.09. The van der Waals surface area contributed by atoms with Crippen LogP contribution in [0.2, 0.25) is 0 Å². The molecule has 1 N–H and O–H groups in total. The lowest BCUT2D eigenvalue weighted by Crippen LogP contribution is -2.13. The van der Waals surface area contributed by atoms with Crippen LogP contribution in [0.4, 0.5) is 10.1 Å². The maximum Gasteiger partial charge on any atom is 0.261 e. The lowest BCUT2D eigenvalue weighted by atomic mass is 10.1. The fraction of sp³-hybridized carbons (Fsp3) is 0.200. The molecule has 3 rings (SSSR count). The van der Waals surface area contributed by atoms with Gasteiger partial charge in [0.2, 0.25) is 0 Å². The summed E-state index contributed by atoms with van der Waals surface area (Å²) in [4.78, 5) is -0.0713. The third kappa shape index (κ3) is 2.54. The average Bonchev–Trinajstić information content (AvgIpc) is 2.85. The van der Waals surface area contributed by atoms with E-state index in [4.69, 9.17) is 0 Å². The Morgan fingerprint density at radius 1 is 1.00 bits per heavy atom. The second-order valence-electron chi connectivity index (χ2n) is 4.90. The molecular weight excluding hydrogens is 277 g/mol. The number of benzene rings is 2. The zero-order valence-electron chi connectivity index (χ0n) is 10.8. The summed E-state index contributed by atoms with van der Waals surface area (Å²) in [5.41, 5.74) is 2.98. The van der Waals surface area contributed by atoms with E-state index in [0.29, 0.717) is 5.69 Å². The van der Waals surface area contributed by atoms with Crippen LogP contribution < -0.4 is 4.72 Å². The van der Waals surface area contributed by atoms with Gasteiger partial charge in [0.05, 0.1) is 4.90 Å². The van der Waals surface area contributed by atoms with Crippen molar-refractivity contribution in [2.24, 2.45) is 0 Å². The van der Waals surface area contributed by atoms with Gasteiger partial charge in [0.1, 0.15) is 5.82 Å². The minimum Gasteiger partial charge on any atom is -0.280 e. The smallest absolute Gasteiger partial charge is 0.261 e. The van der Waals surface area contributed by atoms with Crippen LogP contribution in [0.1, 0.15) is 17.5 Å². The number of nitrogens with one attached hydrogen (secondary N) is 1. The predicted molar refractivity (Wildman–Crippen MR) is 75.7 cm³/mol. The molecule has 1 aliphatic rings. The summed E-state index contributed by atoms with van der Waals surface area (Å²) in [5, 5.41) is 0. The summed E-state index contributed by atoms with van der Waals surface area (Å²) < 4.78 is 40.0. The van der Waals surface area contributed by atoms with Crippen LogP contribution in [-0.2, 0) is 22.9 Å². The van der Waals surface area contributed by atoms with Gasteiger partial charge >= 0.3 is 0 Å². The van der Waals surface area contributed by atoms with Crippen LogP contribution in [0.5, 0.6) is 0 Å². The van der Waals surface area contributed by atoms with E-state index < -0.39 is 15.8 Å². The van der Waals surface area contributed by atoms with Gasteiger partial charge in [0, 0.05) is 5.69 Å². The van der Waals surface area contributed by atoms with Crippen molar-refractivity contribution in [3.05, 3.63) is 59.4 Å². The lowest BCUT2D eigenvalue weighted by molar-refractivity contribution is 0.595. The Hall–Kier alpha value is -1.88. The summed E-state index contributed by atoms with van der Waals surface area (Å²) >= 11 is 0. The first-order valence-electron chi connectivity index (χ1n) is 6.45. The van der Waals surface area contributed by atoms with Crippen LogP contribution >= 0.6 is 0 Å². The van der Waals surface area contributed by atoms with Crippen molar-refractivity contribution in [2.45, 2.75) is 24.2 Å². The first-order chi connectivity index (χ1) is 9.54. The normalized spacial score (nSPS) is 14.1. The Morgan fingerprint density at radius 2 is 1.80 bits per heavy atom. The van der Waals surface area contributed by atoms with Crippen molar-refractivity contribution >= 4 is 15.7 Å². The molecule has 20 heavy (non-hydrogen) atoms. The molecule has 0 aromatic heterocycles. The number of fused-ring (bicyclic) bond motifs is 1. The van der Waals surface area contributed by atoms with Crippen molar-refractivity contribution in [1.82, 2.24) is 0 Å². The molecule has 0 radical (unpaired) electrons. The summed E-state index contributed by atoms with van der Waals surface area (Å²) in [6.45, 7) is 0. The predicted octanol–water partition coefficient (Wildman–Crippen LogP) is 3.12. The van der Waals surface area contributed by atoms with E-state index in [9.17, 15) is 12.8 Å². The van der Waals surface area contributed by atoms with Crippen LogP contribution in [0.15, 0.2) is 47.4 Å². The highest BCUT2D eigenvalue weighted by Crippen LogP contribution is 2.26. The van der Waals surface area contributed by atoms with Gasteiger partial charge in [0.15, 0.2) is 0 Å². The van der Waals surface area contributed by atoms with Crippen LogP contribution in [0.3, 0.4) is 0 Å². The number of hydrogen-bond donors (Lipinski definition) is 1. The highest BCUT2D eigenvalue weighted by atomic mass is 32.2. The molecule has 0 atom stereocenters. The van der Waals surface area contributed by atoms with Crippen molar-refractivity contribution in [3.8, 4) is 0 Å². The molecule has 5 heteroatoms. The Bertz CT molecular complexity index is 756. The van der Waals surface area contributed by atoms with E-state index in [0.717, 1.165) is 25.3 Å². The maximum absolute atomic E-state index is 13.1. The van der Waals surface area contributed by atoms with Crippen molar-refractivity contribution in [1.29, 1.82) is 0 Å². The Labute approximate surface area is 117 Å². The Morgan fingerprint density at radius 3 is 2.60 bits per heavy atom. The van der Waals surface area contributed by atoms with Crippen LogP contribution in [-0.4, -0.2) is 8.42 Å². The molecule has 2 aromatic rings. The number of halogens is 1. The van der Waals surface area contributed by atoms with E-state index >= 15 is 0 Å². The molecular formula is C15H14FNO2S. The second-order valence-corrected chi connectivity index (χ2v) is 6.58. The van der Waals surface area contributed by atoms with Gasteiger partial charge in [-0.2, -0.15) is 0 Å². The van der Waals surface area contributed by atoms with Gasteiger partial charge < -0.3 is 0 Å².